The first-order valence-electron chi connectivity index (χ1n) is 7.98. The molecule has 25 heavy (non-hydrogen) atoms. The van der Waals surface area contributed by atoms with Crippen LogP contribution >= 0.6 is 22.6 Å². The summed E-state index contributed by atoms with van der Waals surface area (Å²) < 4.78 is 1.01. The molecule has 0 atom stereocenters. The molecule has 0 aliphatic rings. The molecule has 0 spiro atoms. The number of rotatable bonds is 4. The lowest BCUT2D eigenvalue weighted by Crippen LogP contribution is -2.07. The van der Waals surface area contributed by atoms with Crippen LogP contribution in [0, 0.1) is 3.57 Å². The summed E-state index contributed by atoms with van der Waals surface area (Å²) in [7, 11) is 0. The lowest BCUT2D eigenvalue weighted by Gasteiger charge is -2.16. The molecule has 0 saturated heterocycles. The highest BCUT2D eigenvalue weighted by Crippen LogP contribution is 2.32. The summed E-state index contributed by atoms with van der Waals surface area (Å²) in [6.07, 6.45) is 1.57. The highest BCUT2D eigenvalue weighted by molar-refractivity contribution is 14.1. The normalized spacial score (nSPS) is 10.8. The summed E-state index contributed by atoms with van der Waals surface area (Å²) in [4.78, 5) is 0. The smallest absolute Gasteiger partial charge is 0.0686 e. The van der Waals surface area contributed by atoms with E-state index in [0.29, 0.717) is 11.4 Å². The lowest BCUT2D eigenvalue weighted by molar-refractivity contribution is 1.08. The van der Waals surface area contributed by atoms with Crippen molar-refractivity contribution < 1.29 is 0 Å². The van der Waals surface area contributed by atoms with Crippen LogP contribution in [0.3, 0.4) is 0 Å². The third-order valence-corrected chi connectivity index (χ3v) is 5.50. The Labute approximate surface area is 161 Å². The van der Waals surface area contributed by atoms with E-state index in [-0.39, 0.29) is 0 Å². The van der Waals surface area contributed by atoms with Gasteiger partial charge in [0.05, 0.1) is 11.4 Å². The second-order valence-corrected chi connectivity index (χ2v) is 7.25. The molecule has 8 N–H and O–H groups in total. The molecule has 0 bridgehead atoms. The van der Waals surface area contributed by atoms with Gasteiger partial charge in [-0.05, 0) is 88.0 Å². The number of nitrogen functional groups attached to an aromatic ring is 4. The number of nitrogens with two attached hydrogens (primary N) is 4. The Bertz CT molecular complexity index is 887. The predicted octanol–water partition coefficient (Wildman–Crippen LogP) is 3.80. The van der Waals surface area contributed by atoms with Gasteiger partial charge in [0, 0.05) is 14.9 Å². The Kier molecular flexibility index (Phi) is 5.03. The van der Waals surface area contributed by atoms with E-state index in [1.54, 1.807) is 0 Å². The molecule has 0 heterocycles. The standard InChI is InChI=1S/C20H21IN4/c21-19-17(10-13-3-7-16(23)8-4-13)14(11-18(24)20(19)25)9-12-1-5-15(22)6-2-12/h1-8,11H,9-10,22-25H2. The Morgan fingerprint density at radius 1 is 0.680 bits per heavy atom. The van der Waals surface area contributed by atoms with Crippen LogP contribution < -0.4 is 22.9 Å². The topological polar surface area (TPSA) is 104 Å². The van der Waals surface area contributed by atoms with Crippen molar-refractivity contribution in [3.8, 4) is 0 Å². The van der Waals surface area contributed by atoms with Crippen molar-refractivity contribution in [1.82, 2.24) is 0 Å². The van der Waals surface area contributed by atoms with Gasteiger partial charge in [-0.2, -0.15) is 0 Å². The summed E-state index contributed by atoms with van der Waals surface area (Å²) in [5.41, 5.74) is 31.4. The molecule has 3 aromatic rings. The number of anilines is 4. The second kappa shape index (κ2) is 7.23. The van der Waals surface area contributed by atoms with Gasteiger partial charge >= 0.3 is 0 Å². The molecule has 3 rings (SSSR count). The zero-order valence-electron chi connectivity index (χ0n) is 13.8. The largest absolute Gasteiger partial charge is 0.399 e. The van der Waals surface area contributed by atoms with Gasteiger partial charge in [0.2, 0.25) is 0 Å². The van der Waals surface area contributed by atoms with Crippen LogP contribution in [0.15, 0.2) is 54.6 Å². The van der Waals surface area contributed by atoms with Gasteiger partial charge in [0.15, 0.2) is 0 Å². The Morgan fingerprint density at radius 2 is 1.16 bits per heavy atom. The van der Waals surface area contributed by atoms with E-state index in [1.807, 2.05) is 54.6 Å². The fourth-order valence-corrected chi connectivity index (χ4v) is 3.68. The van der Waals surface area contributed by atoms with Gasteiger partial charge in [0.25, 0.3) is 0 Å². The Morgan fingerprint density at radius 3 is 1.68 bits per heavy atom. The van der Waals surface area contributed by atoms with Crippen LogP contribution in [0.4, 0.5) is 22.7 Å². The second-order valence-electron chi connectivity index (χ2n) is 6.17. The molecule has 4 nitrogen and oxygen atoms in total. The number of hydrogen-bond donors (Lipinski definition) is 4. The molecule has 0 aromatic heterocycles. The van der Waals surface area contributed by atoms with Crippen LogP contribution in [-0.2, 0) is 12.8 Å². The summed E-state index contributed by atoms with van der Waals surface area (Å²) in [6.45, 7) is 0. The maximum absolute atomic E-state index is 6.17. The number of hydrogen-bond acceptors (Lipinski definition) is 4. The molecule has 0 aliphatic carbocycles. The lowest BCUT2D eigenvalue weighted by atomic mass is 9.94. The predicted molar refractivity (Wildman–Crippen MR) is 115 cm³/mol. The van der Waals surface area contributed by atoms with E-state index in [2.05, 4.69) is 22.6 Å². The minimum atomic E-state index is 0.621. The molecule has 0 saturated carbocycles. The van der Waals surface area contributed by atoms with E-state index >= 15 is 0 Å². The minimum Gasteiger partial charge on any atom is -0.399 e. The fraction of sp³-hybridized carbons (Fsp3) is 0.100. The molecular weight excluding hydrogens is 423 g/mol. The van der Waals surface area contributed by atoms with Gasteiger partial charge in [0.1, 0.15) is 0 Å². The van der Waals surface area contributed by atoms with E-state index in [4.69, 9.17) is 22.9 Å². The first-order valence-corrected chi connectivity index (χ1v) is 9.06. The van der Waals surface area contributed by atoms with Crippen molar-refractivity contribution in [2.45, 2.75) is 12.8 Å². The van der Waals surface area contributed by atoms with Crippen LogP contribution in [0.5, 0.6) is 0 Å². The summed E-state index contributed by atoms with van der Waals surface area (Å²) in [5, 5.41) is 0. The fourth-order valence-electron chi connectivity index (χ4n) is 2.83. The molecule has 0 amide bonds. The van der Waals surface area contributed by atoms with E-state index in [9.17, 15) is 0 Å². The Hall–Kier alpha value is -2.41. The molecule has 5 heteroatoms. The van der Waals surface area contributed by atoms with Crippen LogP contribution in [0.25, 0.3) is 0 Å². The maximum atomic E-state index is 6.17. The van der Waals surface area contributed by atoms with E-state index in [0.717, 1.165) is 27.8 Å². The van der Waals surface area contributed by atoms with Crippen molar-refractivity contribution in [2.75, 3.05) is 22.9 Å². The zero-order chi connectivity index (χ0) is 18.0. The van der Waals surface area contributed by atoms with Crippen molar-refractivity contribution in [3.05, 3.63) is 80.4 Å². The average molecular weight is 444 g/mol. The number of benzene rings is 3. The van der Waals surface area contributed by atoms with Gasteiger partial charge < -0.3 is 22.9 Å². The molecule has 128 valence electrons. The SMILES string of the molecule is Nc1ccc(Cc2cc(N)c(N)c(I)c2Cc2ccc(N)cc2)cc1. The average Bonchev–Trinajstić information content (AvgIpc) is 2.60. The van der Waals surface area contributed by atoms with Gasteiger partial charge in [-0.15, -0.1) is 0 Å². The van der Waals surface area contributed by atoms with Crippen molar-refractivity contribution >= 4 is 45.3 Å². The summed E-state index contributed by atoms with van der Waals surface area (Å²) in [6, 6.07) is 17.8. The minimum absolute atomic E-state index is 0.621. The monoisotopic (exact) mass is 444 g/mol. The van der Waals surface area contributed by atoms with Gasteiger partial charge in [-0.3, -0.25) is 0 Å². The highest BCUT2D eigenvalue weighted by atomic mass is 127. The first-order chi connectivity index (χ1) is 11.9. The van der Waals surface area contributed by atoms with Crippen LogP contribution in [0.1, 0.15) is 22.3 Å². The summed E-state index contributed by atoms with van der Waals surface area (Å²) >= 11 is 2.29. The third-order valence-electron chi connectivity index (χ3n) is 4.26. The molecule has 0 unspecified atom stereocenters. The van der Waals surface area contributed by atoms with Crippen molar-refractivity contribution in [2.24, 2.45) is 0 Å². The quantitative estimate of drug-likeness (QED) is 0.363. The maximum Gasteiger partial charge on any atom is 0.0686 e. The van der Waals surface area contributed by atoms with Gasteiger partial charge in [-0.1, -0.05) is 24.3 Å². The van der Waals surface area contributed by atoms with Crippen LogP contribution in [0.2, 0.25) is 0 Å². The third kappa shape index (κ3) is 3.99. The van der Waals surface area contributed by atoms with E-state index < -0.39 is 0 Å². The van der Waals surface area contributed by atoms with E-state index in [1.165, 1.54) is 22.3 Å². The first kappa shape index (κ1) is 17.4. The Balaban J connectivity index is 2.01. The molecule has 0 radical (unpaired) electrons. The van der Waals surface area contributed by atoms with Crippen molar-refractivity contribution in [1.29, 1.82) is 0 Å². The highest BCUT2D eigenvalue weighted by Gasteiger charge is 2.14. The van der Waals surface area contributed by atoms with Crippen molar-refractivity contribution in [3.63, 3.8) is 0 Å². The number of halogens is 1. The van der Waals surface area contributed by atoms with Crippen LogP contribution in [-0.4, -0.2) is 0 Å². The molecular formula is C20H21IN4. The molecule has 0 fully saturated rings. The zero-order valence-corrected chi connectivity index (χ0v) is 16.0. The van der Waals surface area contributed by atoms with Gasteiger partial charge in [-0.25, -0.2) is 0 Å². The molecule has 3 aromatic carbocycles. The molecule has 0 aliphatic heterocycles. The summed E-state index contributed by atoms with van der Waals surface area (Å²) in [5.74, 6) is 0.